The Morgan fingerprint density at radius 1 is 1.07 bits per heavy atom. The van der Waals surface area contributed by atoms with Crippen LogP contribution in [0.2, 0.25) is 0 Å². The first-order valence-electron chi connectivity index (χ1n) is 9.24. The van der Waals surface area contributed by atoms with Gasteiger partial charge in [-0.2, -0.15) is 13.2 Å². The molecule has 2 heterocycles. The van der Waals surface area contributed by atoms with E-state index in [0.717, 1.165) is 16.7 Å². The van der Waals surface area contributed by atoms with Crippen molar-refractivity contribution >= 4 is 5.91 Å². The van der Waals surface area contributed by atoms with Crippen molar-refractivity contribution in [3.05, 3.63) is 78.4 Å². The fourth-order valence-electron chi connectivity index (χ4n) is 2.80. The van der Waals surface area contributed by atoms with E-state index in [2.05, 4.69) is 20.0 Å². The number of aromatic nitrogens is 2. The van der Waals surface area contributed by atoms with Crippen LogP contribution < -0.4 is 10.1 Å². The molecule has 3 aromatic rings. The first-order valence-corrected chi connectivity index (χ1v) is 9.24. The third-order valence-corrected chi connectivity index (χ3v) is 4.30. The van der Waals surface area contributed by atoms with E-state index in [0.29, 0.717) is 5.69 Å². The summed E-state index contributed by atoms with van der Waals surface area (Å²) in [7, 11) is 0. The smallest absolute Gasteiger partial charge is 0.422 e. The number of nitrogens with one attached hydrogen (secondary N) is 1. The molecule has 1 aromatic carbocycles. The Morgan fingerprint density at radius 2 is 1.83 bits per heavy atom. The average Bonchev–Trinajstić information content (AvgIpc) is 2.73. The van der Waals surface area contributed by atoms with Gasteiger partial charge >= 0.3 is 6.18 Å². The Bertz CT molecular complexity index is 960. The summed E-state index contributed by atoms with van der Waals surface area (Å²) in [4.78, 5) is 20.5. The van der Waals surface area contributed by atoms with Crippen molar-refractivity contribution in [2.24, 2.45) is 0 Å². The number of amides is 1. The lowest BCUT2D eigenvalue weighted by Crippen LogP contribution is -2.28. The molecule has 0 aliphatic heterocycles. The number of rotatable bonds is 7. The van der Waals surface area contributed by atoms with Gasteiger partial charge in [0.1, 0.15) is 5.75 Å². The van der Waals surface area contributed by atoms with Gasteiger partial charge in [0.25, 0.3) is 0 Å². The lowest BCUT2D eigenvalue weighted by Gasteiger charge is -2.14. The van der Waals surface area contributed by atoms with E-state index in [1.54, 1.807) is 19.3 Å². The summed E-state index contributed by atoms with van der Waals surface area (Å²) in [6.45, 7) is 0.377. The van der Waals surface area contributed by atoms with Gasteiger partial charge in [0.15, 0.2) is 6.61 Å². The van der Waals surface area contributed by atoms with Gasteiger partial charge in [-0.15, -0.1) is 0 Å². The van der Waals surface area contributed by atoms with Crippen LogP contribution in [0.5, 0.6) is 5.75 Å². The first kappa shape index (κ1) is 21.3. The number of benzene rings is 1. The van der Waals surface area contributed by atoms with E-state index in [4.69, 9.17) is 0 Å². The summed E-state index contributed by atoms with van der Waals surface area (Å²) in [5.41, 5.74) is 3.39. The molecule has 2 aromatic heterocycles. The Hall–Kier alpha value is -3.42. The zero-order valence-electron chi connectivity index (χ0n) is 16.2. The van der Waals surface area contributed by atoms with E-state index in [1.807, 2.05) is 36.4 Å². The lowest BCUT2D eigenvalue weighted by molar-refractivity contribution is -0.153. The monoisotopic (exact) mass is 415 g/mol. The number of halogens is 3. The molecule has 8 heteroatoms. The molecule has 5 nitrogen and oxygen atoms in total. The molecule has 1 atom stereocenters. The van der Waals surface area contributed by atoms with Gasteiger partial charge in [0, 0.05) is 12.4 Å². The quantitative estimate of drug-likeness (QED) is 0.617. The van der Waals surface area contributed by atoms with Crippen LogP contribution in [0, 0.1) is 0 Å². The maximum atomic E-state index is 12.3. The van der Waals surface area contributed by atoms with E-state index < -0.39 is 18.8 Å². The molecule has 0 saturated heterocycles. The minimum atomic E-state index is -4.41. The summed E-state index contributed by atoms with van der Waals surface area (Å²) in [5, 5.41) is 2.83. The number of carbonyl (C=O) groups is 1. The topological polar surface area (TPSA) is 64.1 Å². The summed E-state index contributed by atoms with van der Waals surface area (Å²) >= 11 is 0. The Kier molecular flexibility index (Phi) is 6.66. The highest BCUT2D eigenvalue weighted by Crippen LogP contribution is 2.20. The van der Waals surface area contributed by atoms with Crippen LogP contribution in [0.25, 0.3) is 11.1 Å². The van der Waals surface area contributed by atoms with Crippen molar-refractivity contribution in [3.8, 4) is 16.9 Å². The maximum absolute atomic E-state index is 12.3. The Morgan fingerprint density at radius 3 is 2.43 bits per heavy atom. The molecule has 156 valence electrons. The molecule has 0 fully saturated rings. The average molecular weight is 415 g/mol. The number of hydrogen-bond acceptors (Lipinski definition) is 4. The van der Waals surface area contributed by atoms with E-state index in [-0.39, 0.29) is 18.1 Å². The minimum Gasteiger partial charge on any atom is -0.483 e. The standard InChI is InChI=1S/C22H20F3N3O2/c1-15(20-9-8-19(13-27-20)30-14-22(23,24)25)28-21(29)11-16-4-6-17(7-5-16)18-3-2-10-26-12-18/h2-10,12-13,15H,11,14H2,1H3,(H,28,29)/t15-/m1/s1. The van der Waals surface area contributed by atoms with E-state index in [1.165, 1.54) is 18.3 Å². The fraction of sp³-hybridized carbons (Fsp3) is 0.227. The molecule has 3 rings (SSSR count). The van der Waals surface area contributed by atoms with Crippen LogP contribution in [0.1, 0.15) is 24.2 Å². The van der Waals surface area contributed by atoms with Crippen molar-refractivity contribution in [3.63, 3.8) is 0 Å². The third kappa shape index (κ3) is 6.30. The summed E-state index contributed by atoms with van der Waals surface area (Å²) in [5.74, 6) is -0.167. The largest absolute Gasteiger partial charge is 0.483 e. The van der Waals surface area contributed by atoms with Crippen molar-refractivity contribution in [2.45, 2.75) is 25.6 Å². The van der Waals surface area contributed by atoms with E-state index >= 15 is 0 Å². The molecule has 0 aliphatic rings. The molecule has 0 radical (unpaired) electrons. The second kappa shape index (κ2) is 9.39. The number of hydrogen-bond donors (Lipinski definition) is 1. The highest BCUT2D eigenvalue weighted by Gasteiger charge is 2.28. The number of pyridine rings is 2. The van der Waals surface area contributed by atoms with Crippen LogP contribution in [0.3, 0.4) is 0 Å². The first-order chi connectivity index (χ1) is 14.3. The highest BCUT2D eigenvalue weighted by molar-refractivity contribution is 5.79. The molecule has 0 unspecified atom stereocenters. The molecular formula is C22H20F3N3O2. The van der Waals surface area contributed by atoms with Gasteiger partial charge in [0.05, 0.1) is 24.4 Å². The second-order valence-corrected chi connectivity index (χ2v) is 6.73. The normalized spacial score (nSPS) is 12.3. The summed E-state index contributed by atoms with van der Waals surface area (Å²) < 4.78 is 41.2. The predicted octanol–water partition coefficient (Wildman–Crippen LogP) is 4.50. The molecule has 30 heavy (non-hydrogen) atoms. The van der Waals surface area contributed by atoms with Crippen molar-refractivity contribution in [2.75, 3.05) is 6.61 Å². The van der Waals surface area contributed by atoms with Crippen LogP contribution >= 0.6 is 0 Å². The Labute approximate surface area is 171 Å². The molecule has 0 aliphatic carbocycles. The van der Waals surface area contributed by atoms with Gasteiger partial charge in [-0.1, -0.05) is 30.3 Å². The van der Waals surface area contributed by atoms with Gasteiger partial charge in [-0.05, 0) is 41.8 Å². The lowest BCUT2D eigenvalue weighted by atomic mass is 10.0. The molecule has 0 spiro atoms. The van der Waals surface area contributed by atoms with Crippen molar-refractivity contribution < 1.29 is 22.7 Å². The molecule has 0 saturated carbocycles. The summed E-state index contributed by atoms with van der Waals surface area (Å²) in [6, 6.07) is 14.0. The van der Waals surface area contributed by atoms with Gasteiger partial charge in [0.2, 0.25) is 5.91 Å². The van der Waals surface area contributed by atoms with Crippen LogP contribution in [-0.2, 0) is 11.2 Å². The second-order valence-electron chi connectivity index (χ2n) is 6.73. The van der Waals surface area contributed by atoms with Crippen molar-refractivity contribution in [1.82, 2.24) is 15.3 Å². The predicted molar refractivity (Wildman–Crippen MR) is 106 cm³/mol. The van der Waals surface area contributed by atoms with Crippen LogP contribution in [-0.4, -0.2) is 28.7 Å². The van der Waals surface area contributed by atoms with E-state index in [9.17, 15) is 18.0 Å². The minimum absolute atomic E-state index is 0.0170. The van der Waals surface area contributed by atoms with Gasteiger partial charge in [-0.25, -0.2) is 0 Å². The number of ether oxygens (including phenoxy) is 1. The molecule has 1 amide bonds. The summed E-state index contributed by atoms with van der Waals surface area (Å²) in [6.07, 6.45) is 0.485. The fourth-order valence-corrected chi connectivity index (χ4v) is 2.80. The SMILES string of the molecule is C[C@@H](NC(=O)Cc1ccc(-c2cccnc2)cc1)c1ccc(OCC(F)(F)F)cn1. The zero-order valence-corrected chi connectivity index (χ0v) is 16.2. The molecule has 1 N–H and O–H groups in total. The number of alkyl halides is 3. The maximum Gasteiger partial charge on any atom is 0.422 e. The highest BCUT2D eigenvalue weighted by atomic mass is 19.4. The molecule has 0 bridgehead atoms. The van der Waals surface area contributed by atoms with Crippen molar-refractivity contribution in [1.29, 1.82) is 0 Å². The number of nitrogens with zero attached hydrogens (tertiary/aromatic N) is 2. The van der Waals surface area contributed by atoms with Crippen LogP contribution in [0.15, 0.2) is 67.1 Å². The Balaban J connectivity index is 1.53. The third-order valence-electron chi connectivity index (χ3n) is 4.30. The number of carbonyl (C=O) groups excluding carboxylic acids is 1. The zero-order chi connectivity index (χ0) is 21.6. The van der Waals surface area contributed by atoms with Gasteiger partial charge in [-0.3, -0.25) is 14.8 Å². The van der Waals surface area contributed by atoms with Gasteiger partial charge < -0.3 is 10.1 Å². The molecular weight excluding hydrogens is 395 g/mol. The van der Waals surface area contributed by atoms with Crippen LogP contribution in [0.4, 0.5) is 13.2 Å².